The zero-order valence-corrected chi connectivity index (χ0v) is 13.7. The van der Waals surface area contributed by atoms with Crippen molar-refractivity contribution in [2.24, 2.45) is 0 Å². The van der Waals surface area contributed by atoms with Crippen LogP contribution in [0.25, 0.3) is 0 Å². The van der Waals surface area contributed by atoms with Crippen LogP contribution in [0.2, 0.25) is 0 Å². The van der Waals surface area contributed by atoms with Crippen molar-refractivity contribution < 1.29 is 9.31 Å². The predicted octanol–water partition coefficient (Wildman–Crippen LogP) is 2.80. The number of anilines is 1. The van der Waals surface area contributed by atoms with Gasteiger partial charge in [-0.2, -0.15) is 11.8 Å². The summed E-state index contributed by atoms with van der Waals surface area (Å²) < 4.78 is 13.8. The molecule has 0 aromatic heterocycles. The molecule has 1 aliphatic heterocycles. The van der Waals surface area contributed by atoms with Gasteiger partial charge in [0.05, 0.1) is 8.49 Å². The molecule has 0 radical (unpaired) electrons. The third kappa shape index (κ3) is 4.19. The Morgan fingerprint density at radius 3 is 2.80 bits per heavy atom. The molecule has 5 nitrogen and oxygen atoms in total. The molecule has 8 heteroatoms. The van der Waals surface area contributed by atoms with Crippen molar-refractivity contribution in [3.63, 3.8) is 0 Å². The SMILES string of the molecule is O=[N+]([O-])c1cc(I)c(F)cc1NCCN1CCSCC1. The molecule has 0 saturated carbocycles. The fourth-order valence-electron chi connectivity index (χ4n) is 2.00. The summed E-state index contributed by atoms with van der Waals surface area (Å²) >= 11 is 3.69. The number of nitro groups is 1. The summed E-state index contributed by atoms with van der Waals surface area (Å²) in [5.41, 5.74) is 0.171. The minimum absolute atomic E-state index is 0.0787. The van der Waals surface area contributed by atoms with Crippen LogP contribution in [0, 0.1) is 19.5 Å². The van der Waals surface area contributed by atoms with Crippen molar-refractivity contribution in [2.75, 3.05) is 43.0 Å². The summed E-state index contributed by atoms with van der Waals surface area (Å²) in [4.78, 5) is 12.8. The molecule has 1 saturated heterocycles. The summed E-state index contributed by atoms with van der Waals surface area (Å²) in [6.45, 7) is 3.46. The van der Waals surface area contributed by atoms with Crippen molar-refractivity contribution >= 4 is 45.7 Å². The molecule has 20 heavy (non-hydrogen) atoms. The zero-order valence-electron chi connectivity index (χ0n) is 10.8. The van der Waals surface area contributed by atoms with E-state index in [0.29, 0.717) is 6.54 Å². The molecule has 1 heterocycles. The smallest absolute Gasteiger partial charge is 0.293 e. The van der Waals surface area contributed by atoms with Crippen LogP contribution in [0.5, 0.6) is 0 Å². The Balaban J connectivity index is 1.97. The van der Waals surface area contributed by atoms with E-state index in [1.54, 1.807) is 22.6 Å². The number of nitrogens with zero attached hydrogens (tertiary/aromatic N) is 2. The predicted molar refractivity (Wildman–Crippen MR) is 88.0 cm³/mol. The molecule has 0 atom stereocenters. The summed E-state index contributed by atoms with van der Waals surface area (Å²) in [5, 5.41) is 14.0. The lowest BCUT2D eigenvalue weighted by molar-refractivity contribution is -0.384. The molecule has 1 aromatic carbocycles. The highest BCUT2D eigenvalue weighted by Gasteiger charge is 2.17. The Kier molecular flexibility index (Phi) is 5.85. The molecule has 0 spiro atoms. The summed E-state index contributed by atoms with van der Waals surface area (Å²) in [7, 11) is 0. The van der Waals surface area contributed by atoms with Crippen LogP contribution >= 0.6 is 34.4 Å². The maximum absolute atomic E-state index is 13.5. The quantitative estimate of drug-likeness (QED) is 0.459. The monoisotopic (exact) mass is 411 g/mol. The Morgan fingerprint density at radius 1 is 1.45 bits per heavy atom. The van der Waals surface area contributed by atoms with E-state index in [-0.39, 0.29) is 14.9 Å². The van der Waals surface area contributed by atoms with Crippen molar-refractivity contribution in [3.8, 4) is 0 Å². The third-order valence-electron chi connectivity index (χ3n) is 3.08. The van der Waals surface area contributed by atoms with Gasteiger partial charge in [-0.3, -0.25) is 15.0 Å². The fourth-order valence-corrected chi connectivity index (χ4v) is 3.43. The highest BCUT2D eigenvalue weighted by molar-refractivity contribution is 14.1. The van der Waals surface area contributed by atoms with Crippen LogP contribution in [0.15, 0.2) is 12.1 Å². The molecule has 1 fully saturated rings. The van der Waals surface area contributed by atoms with Gasteiger partial charge < -0.3 is 5.32 Å². The molecule has 2 rings (SSSR count). The van der Waals surface area contributed by atoms with Gasteiger partial charge in [-0.15, -0.1) is 0 Å². The molecule has 0 bridgehead atoms. The van der Waals surface area contributed by atoms with Gasteiger partial charge in [-0.25, -0.2) is 4.39 Å². The van der Waals surface area contributed by atoms with Gasteiger partial charge in [0.15, 0.2) is 0 Å². The number of halogens is 2. The first-order chi connectivity index (χ1) is 9.58. The molecule has 0 unspecified atom stereocenters. The summed E-state index contributed by atoms with van der Waals surface area (Å²) in [6, 6.07) is 2.46. The Labute approximate surface area is 134 Å². The molecule has 110 valence electrons. The van der Waals surface area contributed by atoms with Crippen LogP contribution in [0.3, 0.4) is 0 Å². The molecular formula is C12H15FIN3O2S. The van der Waals surface area contributed by atoms with Gasteiger partial charge >= 0.3 is 0 Å². The van der Waals surface area contributed by atoms with Crippen molar-refractivity contribution in [1.82, 2.24) is 4.90 Å². The number of rotatable bonds is 5. The Hall–Kier alpha value is -0.610. The molecule has 1 aliphatic rings. The van der Waals surface area contributed by atoms with E-state index in [4.69, 9.17) is 0 Å². The summed E-state index contributed by atoms with van der Waals surface area (Å²) in [5.74, 6) is 1.81. The molecule has 0 aliphatic carbocycles. The van der Waals surface area contributed by atoms with Gasteiger partial charge in [0.25, 0.3) is 5.69 Å². The van der Waals surface area contributed by atoms with E-state index >= 15 is 0 Å². The van der Waals surface area contributed by atoms with Gasteiger partial charge in [-0.1, -0.05) is 0 Å². The van der Waals surface area contributed by atoms with Gasteiger partial charge in [-0.05, 0) is 22.6 Å². The maximum atomic E-state index is 13.5. The van der Waals surface area contributed by atoms with Crippen LogP contribution in [0.4, 0.5) is 15.8 Å². The van der Waals surface area contributed by atoms with Crippen LogP contribution < -0.4 is 5.32 Å². The Morgan fingerprint density at radius 2 is 2.15 bits per heavy atom. The number of hydrogen-bond donors (Lipinski definition) is 1. The highest BCUT2D eigenvalue weighted by Crippen LogP contribution is 2.28. The number of nitro benzene ring substituents is 1. The van der Waals surface area contributed by atoms with Gasteiger partial charge in [0.1, 0.15) is 11.5 Å². The van der Waals surface area contributed by atoms with Crippen LogP contribution in [0.1, 0.15) is 0 Å². The van der Waals surface area contributed by atoms with Crippen molar-refractivity contribution in [1.29, 1.82) is 0 Å². The van der Waals surface area contributed by atoms with Crippen LogP contribution in [-0.4, -0.2) is 47.5 Å². The topological polar surface area (TPSA) is 58.4 Å². The first-order valence-electron chi connectivity index (χ1n) is 6.25. The highest BCUT2D eigenvalue weighted by atomic mass is 127. The van der Waals surface area contributed by atoms with E-state index in [0.717, 1.165) is 31.1 Å². The van der Waals surface area contributed by atoms with E-state index < -0.39 is 10.7 Å². The minimum Gasteiger partial charge on any atom is -0.378 e. The second-order valence-corrected chi connectivity index (χ2v) is 6.81. The zero-order chi connectivity index (χ0) is 14.5. The first kappa shape index (κ1) is 15.8. The summed E-state index contributed by atoms with van der Waals surface area (Å²) in [6.07, 6.45) is 0. The van der Waals surface area contributed by atoms with E-state index in [1.807, 2.05) is 11.8 Å². The molecule has 0 amide bonds. The second kappa shape index (κ2) is 7.41. The lowest BCUT2D eigenvalue weighted by atomic mass is 10.2. The fraction of sp³-hybridized carbons (Fsp3) is 0.500. The van der Waals surface area contributed by atoms with E-state index in [2.05, 4.69) is 10.2 Å². The van der Waals surface area contributed by atoms with Gasteiger partial charge in [0.2, 0.25) is 0 Å². The Bertz CT molecular complexity index is 498. The van der Waals surface area contributed by atoms with Crippen molar-refractivity contribution in [3.05, 3.63) is 31.6 Å². The normalized spacial score (nSPS) is 16.1. The molecular weight excluding hydrogens is 396 g/mol. The number of nitrogens with one attached hydrogen (secondary N) is 1. The second-order valence-electron chi connectivity index (χ2n) is 4.42. The van der Waals surface area contributed by atoms with E-state index in [9.17, 15) is 14.5 Å². The lowest BCUT2D eigenvalue weighted by Crippen LogP contribution is -2.36. The number of hydrogen-bond acceptors (Lipinski definition) is 5. The average Bonchev–Trinajstić information content (AvgIpc) is 2.43. The largest absolute Gasteiger partial charge is 0.378 e. The van der Waals surface area contributed by atoms with Gasteiger partial charge in [0, 0.05) is 49.8 Å². The minimum atomic E-state index is -0.485. The molecule has 1 N–H and O–H groups in total. The average molecular weight is 411 g/mol. The number of thioether (sulfide) groups is 1. The molecule has 1 aromatic rings. The standard InChI is InChI=1S/C12H15FIN3O2S/c13-9-7-11(12(17(18)19)8-10(9)14)15-1-2-16-3-5-20-6-4-16/h7-8,15H,1-6H2. The van der Waals surface area contributed by atoms with Crippen molar-refractivity contribution in [2.45, 2.75) is 0 Å². The first-order valence-corrected chi connectivity index (χ1v) is 8.48. The third-order valence-corrected chi connectivity index (χ3v) is 4.85. The maximum Gasteiger partial charge on any atom is 0.293 e. The number of benzene rings is 1. The lowest BCUT2D eigenvalue weighted by Gasteiger charge is -2.26. The van der Waals surface area contributed by atoms with Crippen LogP contribution in [-0.2, 0) is 0 Å². The van der Waals surface area contributed by atoms with E-state index in [1.165, 1.54) is 12.1 Å².